The molecule has 3 nitrogen and oxygen atoms in total. The van der Waals surface area contributed by atoms with Crippen LogP contribution < -0.4 is 0 Å². The molecule has 0 aromatic heterocycles. The SMILES string of the molecule is C=C(C)C(=O)OCCC[Si](CC)(CC)O[Si](CC)(CC)CC. The Morgan fingerprint density at radius 3 is 1.73 bits per heavy atom. The molecule has 5 heteroatoms. The molecule has 0 aliphatic heterocycles. The largest absolute Gasteiger partial charge is 0.462 e. The number of ether oxygens (including phenoxy) is 1. The smallest absolute Gasteiger partial charge is 0.333 e. The van der Waals surface area contributed by atoms with Crippen LogP contribution in [0.25, 0.3) is 0 Å². The maximum absolute atomic E-state index is 11.4. The first kappa shape index (κ1) is 21.6. The first-order valence-electron chi connectivity index (χ1n) is 8.87. The molecule has 0 radical (unpaired) electrons. The first-order valence-corrected chi connectivity index (χ1v) is 13.9. The highest BCUT2D eigenvalue weighted by atomic mass is 28.4. The summed E-state index contributed by atoms with van der Waals surface area (Å²) in [5.74, 6) is -0.277. The Kier molecular flexibility index (Phi) is 10.2. The molecule has 0 aliphatic rings. The number of carbonyl (C=O) groups is 1. The van der Waals surface area contributed by atoms with Crippen molar-refractivity contribution in [3.63, 3.8) is 0 Å². The van der Waals surface area contributed by atoms with Gasteiger partial charge in [-0.2, -0.15) is 0 Å². The van der Waals surface area contributed by atoms with Gasteiger partial charge in [-0.15, -0.1) is 0 Å². The van der Waals surface area contributed by atoms with E-state index in [2.05, 4.69) is 41.2 Å². The molecule has 0 atom stereocenters. The van der Waals surface area contributed by atoms with Crippen LogP contribution in [0.1, 0.15) is 48.0 Å². The van der Waals surface area contributed by atoms with Crippen molar-refractivity contribution >= 4 is 22.6 Å². The Labute approximate surface area is 139 Å². The number of hydrogen-bond donors (Lipinski definition) is 0. The predicted octanol–water partition coefficient (Wildman–Crippen LogP) is 5.50. The van der Waals surface area contributed by atoms with Crippen LogP contribution >= 0.6 is 0 Å². The Balaban J connectivity index is 4.68. The van der Waals surface area contributed by atoms with Gasteiger partial charge in [-0.1, -0.05) is 41.2 Å². The van der Waals surface area contributed by atoms with Gasteiger partial charge in [0, 0.05) is 5.57 Å². The lowest BCUT2D eigenvalue weighted by atomic mass is 10.4. The second-order valence-corrected chi connectivity index (χ2v) is 15.8. The van der Waals surface area contributed by atoms with E-state index in [0.717, 1.165) is 24.6 Å². The van der Waals surface area contributed by atoms with Crippen molar-refractivity contribution in [1.82, 2.24) is 0 Å². The molecule has 0 N–H and O–H groups in total. The molecule has 0 aromatic rings. The van der Waals surface area contributed by atoms with Crippen molar-refractivity contribution in [2.75, 3.05) is 6.61 Å². The molecule has 130 valence electrons. The van der Waals surface area contributed by atoms with Crippen molar-refractivity contribution in [2.45, 2.75) is 84.2 Å². The van der Waals surface area contributed by atoms with E-state index in [1.807, 2.05) is 0 Å². The summed E-state index contributed by atoms with van der Waals surface area (Å²) in [6.45, 7) is 17.2. The van der Waals surface area contributed by atoms with Gasteiger partial charge in [0.15, 0.2) is 16.6 Å². The maximum atomic E-state index is 11.4. The third-order valence-corrected chi connectivity index (χ3v) is 16.2. The topological polar surface area (TPSA) is 35.5 Å². The van der Waals surface area contributed by atoms with E-state index in [1.54, 1.807) is 6.92 Å². The van der Waals surface area contributed by atoms with E-state index < -0.39 is 16.6 Å². The van der Waals surface area contributed by atoms with E-state index in [9.17, 15) is 4.79 Å². The average molecular weight is 345 g/mol. The normalized spacial score (nSPS) is 12.3. The minimum atomic E-state index is -1.69. The van der Waals surface area contributed by atoms with Gasteiger partial charge < -0.3 is 8.85 Å². The van der Waals surface area contributed by atoms with Crippen LogP contribution in [0.5, 0.6) is 0 Å². The Bertz CT molecular complexity index is 340. The third-order valence-electron chi connectivity index (χ3n) is 5.01. The van der Waals surface area contributed by atoms with Gasteiger partial charge in [0.05, 0.1) is 6.61 Å². The molecule has 0 bridgehead atoms. The standard InChI is InChI=1S/C17H36O3Si2/c1-8-21(9-2,10-3)20-22(11-4,12-5)15-13-14-19-17(18)16(6)7/h6,8-15H2,1-5,7H3. The van der Waals surface area contributed by atoms with Crippen LogP contribution in [-0.4, -0.2) is 29.2 Å². The summed E-state index contributed by atoms with van der Waals surface area (Å²) in [4.78, 5) is 11.4. The fraction of sp³-hybridized carbons (Fsp3) is 0.824. The summed E-state index contributed by atoms with van der Waals surface area (Å²) in [7, 11) is -3.25. The van der Waals surface area contributed by atoms with Crippen LogP contribution in [0.2, 0.25) is 36.3 Å². The van der Waals surface area contributed by atoms with Gasteiger partial charge in [-0.3, -0.25) is 0 Å². The molecule has 0 unspecified atom stereocenters. The predicted molar refractivity (Wildman–Crippen MR) is 100 cm³/mol. The monoisotopic (exact) mass is 344 g/mol. The summed E-state index contributed by atoms with van der Waals surface area (Å²) >= 11 is 0. The summed E-state index contributed by atoms with van der Waals surface area (Å²) in [5.41, 5.74) is 0.472. The van der Waals surface area contributed by atoms with Crippen molar-refractivity contribution in [3.05, 3.63) is 12.2 Å². The van der Waals surface area contributed by atoms with Gasteiger partial charge >= 0.3 is 5.97 Å². The summed E-state index contributed by atoms with van der Waals surface area (Å²) in [6.07, 6.45) is 0.911. The van der Waals surface area contributed by atoms with Gasteiger partial charge in [0.2, 0.25) is 0 Å². The summed E-state index contributed by atoms with van der Waals surface area (Å²) < 4.78 is 12.2. The van der Waals surface area contributed by atoms with E-state index in [4.69, 9.17) is 8.85 Å². The molecule has 22 heavy (non-hydrogen) atoms. The molecule has 0 fully saturated rings. The van der Waals surface area contributed by atoms with Crippen molar-refractivity contribution in [3.8, 4) is 0 Å². The van der Waals surface area contributed by atoms with Gasteiger partial charge in [0.1, 0.15) is 0 Å². The van der Waals surface area contributed by atoms with Crippen LogP contribution in [0.3, 0.4) is 0 Å². The molecule has 0 heterocycles. The molecular formula is C17H36O3Si2. The Morgan fingerprint density at radius 1 is 0.909 bits per heavy atom. The molecule has 0 spiro atoms. The molecule has 0 amide bonds. The number of esters is 1. The van der Waals surface area contributed by atoms with Crippen LogP contribution in [-0.2, 0) is 13.6 Å². The highest BCUT2D eigenvalue weighted by molar-refractivity contribution is 6.87. The lowest BCUT2D eigenvalue weighted by Gasteiger charge is -2.41. The van der Waals surface area contributed by atoms with Crippen molar-refractivity contribution < 1.29 is 13.6 Å². The molecule has 0 aliphatic carbocycles. The minimum absolute atomic E-state index is 0.277. The molecule has 0 saturated heterocycles. The van der Waals surface area contributed by atoms with Crippen LogP contribution in [0.4, 0.5) is 0 Å². The number of rotatable bonds is 12. The minimum Gasteiger partial charge on any atom is -0.462 e. The fourth-order valence-electron chi connectivity index (χ4n) is 2.91. The van der Waals surface area contributed by atoms with Gasteiger partial charge in [-0.25, -0.2) is 4.79 Å². The van der Waals surface area contributed by atoms with Crippen LogP contribution in [0.15, 0.2) is 12.2 Å². The zero-order valence-electron chi connectivity index (χ0n) is 15.6. The maximum Gasteiger partial charge on any atom is 0.333 e. The van der Waals surface area contributed by atoms with E-state index in [-0.39, 0.29) is 5.97 Å². The zero-order valence-corrected chi connectivity index (χ0v) is 17.6. The van der Waals surface area contributed by atoms with Crippen molar-refractivity contribution in [1.29, 1.82) is 0 Å². The van der Waals surface area contributed by atoms with Crippen molar-refractivity contribution in [2.24, 2.45) is 0 Å². The van der Waals surface area contributed by atoms with Crippen LogP contribution in [0, 0.1) is 0 Å². The second kappa shape index (κ2) is 10.4. The van der Waals surface area contributed by atoms with Gasteiger partial charge in [-0.05, 0) is 49.6 Å². The Hall–Kier alpha value is -0.396. The Morgan fingerprint density at radius 2 is 1.36 bits per heavy atom. The quantitative estimate of drug-likeness (QED) is 0.203. The lowest BCUT2D eigenvalue weighted by Crippen LogP contribution is -2.50. The van der Waals surface area contributed by atoms with Gasteiger partial charge in [0.25, 0.3) is 0 Å². The van der Waals surface area contributed by atoms with E-state index in [1.165, 1.54) is 18.1 Å². The highest BCUT2D eigenvalue weighted by Crippen LogP contribution is 2.33. The number of hydrogen-bond acceptors (Lipinski definition) is 3. The molecular weight excluding hydrogens is 308 g/mol. The molecule has 0 saturated carbocycles. The van der Waals surface area contributed by atoms with E-state index in [0.29, 0.717) is 12.2 Å². The summed E-state index contributed by atoms with van der Waals surface area (Å²) in [6, 6.07) is 7.04. The fourth-order valence-corrected chi connectivity index (χ4v) is 13.4. The lowest BCUT2D eigenvalue weighted by molar-refractivity contribution is -0.138. The highest BCUT2D eigenvalue weighted by Gasteiger charge is 2.40. The molecule has 0 rings (SSSR count). The number of carbonyl (C=O) groups excluding carboxylic acids is 1. The summed E-state index contributed by atoms with van der Waals surface area (Å²) in [5, 5.41) is 0. The third kappa shape index (κ3) is 6.38. The molecule has 0 aromatic carbocycles. The zero-order chi connectivity index (χ0) is 17.2. The first-order chi connectivity index (χ1) is 10.3. The average Bonchev–Trinajstić information content (AvgIpc) is 2.55. The second-order valence-electron chi connectivity index (χ2n) is 6.26. The van der Waals surface area contributed by atoms with E-state index >= 15 is 0 Å².